The van der Waals surface area contributed by atoms with Crippen molar-refractivity contribution in [1.29, 1.82) is 0 Å². The zero-order chi connectivity index (χ0) is 23.8. The first-order valence-corrected chi connectivity index (χ1v) is 11.5. The number of hydrogen-bond donors (Lipinski definition) is 4. The van der Waals surface area contributed by atoms with Gasteiger partial charge in [-0.1, -0.05) is 0 Å². The lowest BCUT2D eigenvalue weighted by atomic mass is 9.98. The maximum atomic E-state index is 13.5. The van der Waals surface area contributed by atoms with E-state index in [0.29, 0.717) is 37.1 Å². The number of ketones is 1. The van der Waals surface area contributed by atoms with E-state index < -0.39 is 0 Å². The molecule has 0 saturated heterocycles. The van der Waals surface area contributed by atoms with E-state index in [4.69, 9.17) is 0 Å². The van der Waals surface area contributed by atoms with E-state index in [9.17, 15) is 4.79 Å². The number of rotatable bonds is 12. The zero-order valence-electron chi connectivity index (χ0n) is 19.5. The average Bonchev–Trinajstić information content (AvgIpc) is 3.59. The summed E-state index contributed by atoms with van der Waals surface area (Å²) in [4.78, 5) is 37.3. The minimum atomic E-state index is -0.0515. The Labute approximate surface area is 198 Å². The first-order valence-electron chi connectivity index (χ1n) is 11.5. The van der Waals surface area contributed by atoms with Crippen LogP contribution in [0.5, 0.6) is 0 Å². The molecule has 0 aliphatic rings. The molecular weight excluding hydrogens is 428 g/mol. The van der Waals surface area contributed by atoms with Crippen LogP contribution < -0.4 is 10.6 Å². The summed E-state index contributed by atoms with van der Waals surface area (Å²) in [7, 11) is 0. The normalized spacial score (nSPS) is 13.0. The Morgan fingerprint density at radius 2 is 1.24 bits per heavy atom. The van der Waals surface area contributed by atoms with Crippen LogP contribution in [0.25, 0.3) is 0 Å². The SMILES string of the molecule is CC(NCCc1ncccc1C(=O)c1cccnc1CCNC(C)c1ncc[nH]1)c1ncc[nH]1. The second-order valence-electron chi connectivity index (χ2n) is 8.12. The summed E-state index contributed by atoms with van der Waals surface area (Å²) in [6, 6.07) is 7.46. The van der Waals surface area contributed by atoms with Crippen LogP contribution in [-0.2, 0) is 12.8 Å². The van der Waals surface area contributed by atoms with Crippen LogP contribution in [0.4, 0.5) is 0 Å². The van der Waals surface area contributed by atoms with Crippen molar-refractivity contribution in [1.82, 2.24) is 40.5 Å². The molecule has 2 unspecified atom stereocenters. The molecule has 0 amide bonds. The molecule has 0 spiro atoms. The monoisotopic (exact) mass is 458 g/mol. The minimum Gasteiger partial charge on any atom is -0.347 e. The fourth-order valence-electron chi connectivity index (χ4n) is 3.87. The number of nitrogens with zero attached hydrogens (tertiary/aromatic N) is 4. The second kappa shape index (κ2) is 11.4. The van der Waals surface area contributed by atoms with Crippen molar-refractivity contribution in [2.45, 2.75) is 38.8 Å². The van der Waals surface area contributed by atoms with E-state index in [1.807, 2.05) is 38.4 Å². The topological polar surface area (TPSA) is 124 Å². The number of aromatic nitrogens is 6. The molecule has 4 heterocycles. The molecule has 0 aliphatic heterocycles. The Kier molecular flexibility index (Phi) is 7.90. The van der Waals surface area contributed by atoms with Crippen molar-refractivity contribution >= 4 is 5.78 Å². The van der Waals surface area contributed by atoms with E-state index >= 15 is 0 Å². The largest absolute Gasteiger partial charge is 0.347 e. The van der Waals surface area contributed by atoms with Crippen molar-refractivity contribution in [3.05, 3.63) is 95.6 Å². The molecule has 0 fully saturated rings. The maximum absolute atomic E-state index is 13.5. The minimum absolute atomic E-state index is 0.0515. The fraction of sp³-hybridized carbons (Fsp3) is 0.320. The molecule has 4 aromatic heterocycles. The number of aromatic amines is 2. The predicted molar refractivity (Wildman–Crippen MR) is 129 cm³/mol. The molecule has 9 nitrogen and oxygen atoms in total. The second-order valence-corrected chi connectivity index (χ2v) is 8.12. The molecule has 4 rings (SSSR count). The van der Waals surface area contributed by atoms with Gasteiger partial charge in [0.25, 0.3) is 0 Å². The van der Waals surface area contributed by atoms with Crippen molar-refractivity contribution < 1.29 is 4.79 Å². The number of nitrogens with one attached hydrogen (secondary N) is 4. The Hall–Kier alpha value is -3.69. The number of carbonyl (C=O) groups is 1. The lowest BCUT2D eigenvalue weighted by Crippen LogP contribution is -2.24. The highest BCUT2D eigenvalue weighted by atomic mass is 16.1. The summed E-state index contributed by atoms with van der Waals surface area (Å²) in [5.41, 5.74) is 2.76. The molecule has 4 aromatic rings. The lowest BCUT2D eigenvalue weighted by Gasteiger charge is -2.14. The highest BCUT2D eigenvalue weighted by Crippen LogP contribution is 2.17. The van der Waals surface area contributed by atoms with Gasteiger partial charge in [0.05, 0.1) is 23.5 Å². The zero-order valence-corrected chi connectivity index (χ0v) is 19.5. The van der Waals surface area contributed by atoms with Crippen LogP contribution in [0.2, 0.25) is 0 Å². The number of H-pyrrole nitrogens is 2. The Balaban J connectivity index is 1.40. The molecule has 0 aromatic carbocycles. The first-order chi connectivity index (χ1) is 16.6. The molecule has 2 atom stereocenters. The van der Waals surface area contributed by atoms with Gasteiger partial charge in [-0.05, 0) is 38.1 Å². The van der Waals surface area contributed by atoms with E-state index in [2.05, 4.69) is 40.5 Å². The highest BCUT2D eigenvalue weighted by Gasteiger charge is 2.19. The predicted octanol–water partition coefficient (Wildman–Crippen LogP) is 2.94. The van der Waals surface area contributed by atoms with Gasteiger partial charge in [-0.3, -0.25) is 14.8 Å². The molecule has 9 heteroatoms. The van der Waals surface area contributed by atoms with Crippen molar-refractivity contribution in [3.63, 3.8) is 0 Å². The summed E-state index contributed by atoms with van der Waals surface area (Å²) >= 11 is 0. The van der Waals surface area contributed by atoms with E-state index in [1.54, 1.807) is 36.9 Å². The van der Waals surface area contributed by atoms with Gasteiger partial charge in [-0.2, -0.15) is 0 Å². The van der Waals surface area contributed by atoms with Crippen LogP contribution >= 0.6 is 0 Å². The Morgan fingerprint density at radius 3 is 1.65 bits per heavy atom. The molecular formula is C25H30N8O. The molecule has 4 N–H and O–H groups in total. The average molecular weight is 459 g/mol. The van der Waals surface area contributed by atoms with Gasteiger partial charge in [-0.15, -0.1) is 0 Å². The van der Waals surface area contributed by atoms with E-state index in [1.165, 1.54) is 0 Å². The van der Waals surface area contributed by atoms with Gasteiger partial charge in [0.15, 0.2) is 5.78 Å². The highest BCUT2D eigenvalue weighted by molar-refractivity contribution is 6.10. The van der Waals surface area contributed by atoms with Crippen molar-refractivity contribution in [2.24, 2.45) is 0 Å². The van der Waals surface area contributed by atoms with Crippen molar-refractivity contribution in [2.75, 3.05) is 13.1 Å². The van der Waals surface area contributed by atoms with E-state index in [0.717, 1.165) is 23.0 Å². The van der Waals surface area contributed by atoms with Gasteiger partial charge in [0, 0.05) is 74.2 Å². The van der Waals surface area contributed by atoms with Crippen LogP contribution in [0.3, 0.4) is 0 Å². The number of imidazole rings is 2. The van der Waals surface area contributed by atoms with E-state index in [-0.39, 0.29) is 17.9 Å². The fourth-order valence-corrected chi connectivity index (χ4v) is 3.87. The van der Waals surface area contributed by atoms with Crippen LogP contribution in [0.15, 0.2) is 61.4 Å². The summed E-state index contributed by atoms with van der Waals surface area (Å²) in [6.45, 7) is 5.44. The third kappa shape index (κ3) is 5.81. The van der Waals surface area contributed by atoms with Gasteiger partial charge in [-0.25, -0.2) is 9.97 Å². The van der Waals surface area contributed by atoms with Crippen LogP contribution in [0, 0.1) is 0 Å². The van der Waals surface area contributed by atoms with Crippen molar-refractivity contribution in [3.8, 4) is 0 Å². The molecule has 176 valence electrons. The molecule has 0 radical (unpaired) electrons. The third-order valence-corrected chi connectivity index (χ3v) is 5.75. The smallest absolute Gasteiger partial charge is 0.196 e. The quantitative estimate of drug-likeness (QED) is 0.241. The summed E-state index contributed by atoms with van der Waals surface area (Å²) in [6.07, 6.45) is 11.8. The Morgan fingerprint density at radius 1 is 0.765 bits per heavy atom. The first kappa shape index (κ1) is 23.5. The van der Waals surface area contributed by atoms with Gasteiger partial charge >= 0.3 is 0 Å². The number of pyridine rings is 2. The number of carbonyl (C=O) groups excluding carboxylic acids is 1. The molecule has 34 heavy (non-hydrogen) atoms. The maximum Gasteiger partial charge on any atom is 0.196 e. The van der Waals surface area contributed by atoms with Crippen LogP contribution in [0.1, 0.15) is 64.9 Å². The van der Waals surface area contributed by atoms with Gasteiger partial charge in [0.2, 0.25) is 0 Å². The molecule has 0 aliphatic carbocycles. The van der Waals surface area contributed by atoms with Gasteiger partial charge in [0.1, 0.15) is 11.6 Å². The molecule has 0 bridgehead atoms. The van der Waals surface area contributed by atoms with Gasteiger partial charge < -0.3 is 20.6 Å². The Bertz CT molecular complexity index is 1080. The third-order valence-electron chi connectivity index (χ3n) is 5.75. The summed E-state index contributed by atoms with van der Waals surface area (Å²) < 4.78 is 0. The standard InChI is InChI=1S/C25H30N8O/c1-17(24-30-13-14-31-24)26-11-7-21-19(5-3-9-28-21)23(34)20-6-4-10-29-22(20)8-12-27-18(2)25-32-15-16-33-25/h3-6,9-10,13-18,26-27H,7-8,11-12H2,1-2H3,(H,30,31)(H,32,33). The molecule has 0 saturated carbocycles. The van der Waals surface area contributed by atoms with Crippen LogP contribution in [-0.4, -0.2) is 48.8 Å². The lowest BCUT2D eigenvalue weighted by molar-refractivity contribution is 0.103. The number of hydrogen-bond acceptors (Lipinski definition) is 7. The summed E-state index contributed by atoms with van der Waals surface area (Å²) in [5, 5.41) is 6.85. The summed E-state index contributed by atoms with van der Waals surface area (Å²) in [5.74, 6) is 1.71.